The molecule has 124 valence electrons. The maximum Gasteiger partial charge on any atom is 0.265 e. The van der Waals surface area contributed by atoms with Gasteiger partial charge in [-0.25, -0.2) is 0 Å². The van der Waals surface area contributed by atoms with Crippen molar-refractivity contribution in [3.05, 3.63) is 11.8 Å². The molecule has 1 amide bonds. The number of amides is 1. The SMILES string of the molecule is N#C/C(=C/NC12CC3CC(CC(C3)C1)C2)C(=O)N1CCCCC1. The summed E-state index contributed by atoms with van der Waals surface area (Å²) >= 11 is 0. The Balaban J connectivity index is 1.46. The number of rotatable bonds is 3. The number of carbonyl (C=O) groups excluding carboxylic acids is 1. The molecule has 4 aliphatic carbocycles. The van der Waals surface area contributed by atoms with Crippen LogP contribution < -0.4 is 5.32 Å². The predicted octanol–water partition coefficient (Wildman–Crippen LogP) is 2.96. The number of piperidine rings is 1. The molecule has 5 fully saturated rings. The highest BCUT2D eigenvalue weighted by molar-refractivity contribution is 5.97. The van der Waals surface area contributed by atoms with E-state index in [2.05, 4.69) is 11.4 Å². The van der Waals surface area contributed by atoms with Crippen molar-refractivity contribution in [2.24, 2.45) is 17.8 Å². The lowest BCUT2D eigenvalue weighted by Crippen LogP contribution is -2.57. The van der Waals surface area contributed by atoms with Gasteiger partial charge in [0, 0.05) is 24.8 Å². The summed E-state index contributed by atoms with van der Waals surface area (Å²) in [5.74, 6) is 2.52. The van der Waals surface area contributed by atoms with Crippen LogP contribution in [0, 0.1) is 29.1 Å². The Hall–Kier alpha value is -1.50. The van der Waals surface area contributed by atoms with Crippen molar-refractivity contribution in [2.45, 2.75) is 63.3 Å². The number of carbonyl (C=O) groups is 1. The van der Waals surface area contributed by atoms with Crippen LogP contribution in [-0.4, -0.2) is 29.4 Å². The fraction of sp³-hybridized carbons (Fsp3) is 0.789. The quantitative estimate of drug-likeness (QED) is 0.644. The van der Waals surface area contributed by atoms with Gasteiger partial charge in [0.1, 0.15) is 11.6 Å². The Bertz CT molecular complexity index is 518. The van der Waals surface area contributed by atoms with Gasteiger partial charge in [0.25, 0.3) is 5.91 Å². The van der Waals surface area contributed by atoms with Crippen LogP contribution in [0.25, 0.3) is 0 Å². The monoisotopic (exact) mass is 313 g/mol. The molecule has 0 atom stereocenters. The van der Waals surface area contributed by atoms with E-state index in [0.717, 1.165) is 43.7 Å². The topological polar surface area (TPSA) is 56.1 Å². The second-order valence-electron chi connectivity index (χ2n) is 8.36. The summed E-state index contributed by atoms with van der Waals surface area (Å²) < 4.78 is 0. The fourth-order valence-corrected chi connectivity index (χ4v) is 5.92. The van der Waals surface area contributed by atoms with Crippen molar-refractivity contribution in [1.29, 1.82) is 5.26 Å². The van der Waals surface area contributed by atoms with Crippen molar-refractivity contribution < 1.29 is 4.79 Å². The first-order chi connectivity index (χ1) is 11.2. The van der Waals surface area contributed by atoms with E-state index in [1.807, 2.05) is 4.90 Å². The molecule has 4 bridgehead atoms. The highest BCUT2D eigenvalue weighted by Gasteiger charge is 2.50. The molecule has 5 rings (SSSR count). The van der Waals surface area contributed by atoms with Crippen LogP contribution in [0.2, 0.25) is 0 Å². The van der Waals surface area contributed by atoms with Crippen LogP contribution in [0.5, 0.6) is 0 Å². The molecule has 0 unspecified atom stereocenters. The maximum atomic E-state index is 12.5. The predicted molar refractivity (Wildman–Crippen MR) is 88.2 cm³/mol. The summed E-state index contributed by atoms with van der Waals surface area (Å²) in [7, 11) is 0. The second-order valence-corrected chi connectivity index (χ2v) is 8.36. The number of likely N-dealkylation sites (tertiary alicyclic amines) is 1. The molecule has 4 nitrogen and oxygen atoms in total. The minimum absolute atomic E-state index is 0.0792. The first kappa shape index (κ1) is 15.1. The molecule has 0 spiro atoms. The van der Waals surface area contributed by atoms with E-state index >= 15 is 0 Å². The van der Waals surface area contributed by atoms with Crippen molar-refractivity contribution in [3.8, 4) is 6.07 Å². The van der Waals surface area contributed by atoms with Crippen LogP contribution in [0.4, 0.5) is 0 Å². The number of hydrogen-bond acceptors (Lipinski definition) is 3. The Morgan fingerprint density at radius 2 is 1.61 bits per heavy atom. The molecule has 4 saturated carbocycles. The van der Waals surface area contributed by atoms with Gasteiger partial charge in [0.2, 0.25) is 0 Å². The summed E-state index contributed by atoms with van der Waals surface area (Å²) in [6, 6.07) is 2.14. The van der Waals surface area contributed by atoms with Gasteiger partial charge in [-0.2, -0.15) is 5.26 Å². The van der Waals surface area contributed by atoms with Gasteiger partial charge in [-0.1, -0.05) is 0 Å². The molecule has 0 aromatic rings. The Labute approximate surface area is 138 Å². The van der Waals surface area contributed by atoms with E-state index in [4.69, 9.17) is 0 Å². The van der Waals surface area contributed by atoms with Crippen LogP contribution in [0.3, 0.4) is 0 Å². The van der Waals surface area contributed by atoms with Gasteiger partial charge in [-0.05, 0) is 75.5 Å². The molecule has 1 heterocycles. The van der Waals surface area contributed by atoms with Crippen LogP contribution in [0.15, 0.2) is 11.8 Å². The van der Waals surface area contributed by atoms with E-state index in [1.54, 1.807) is 6.20 Å². The summed E-state index contributed by atoms with van der Waals surface area (Å²) in [6.45, 7) is 1.60. The zero-order chi connectivity index (χ0) is 15.9. The minimum Gasteiger partial charge on any atom is -0.384 e. The van der Waals surface area contributed by atoms with E-state index in [9.17, 15) is 10.1 Å². The van der Waals surface area contributed by atoms with Crippen molar-refractivity contribution in [3.63, 3.8) is 0 Å². The van der Waals surface area contributed by atoms with Gasteiger partial charge in [0.15, 0.2) is 0 Å². The second kappa shape index (κ2) is 5.85. The third-order valence-electron chi connectivity index (χ3n) is 6.56. The van der Waals surface area contributed by atoms with Gasteiger partial charge in [-0.15, -0.1) is 0 Å². The lowest BCUT2D eigenvalue weighted by molar-refractivity contribution is -0.127. The lowest BCUT2D eigenvalue weighted by atomic mass is 9.53. The third kappa shape index (κ3) is 2.86. The summed E-state index contributed by atoms with van der Waals surface area (Å²) in [5.41, 5.74) is 0.460. The molecule has 23 heavy (non-hydrogen) atoms. The van der Waals surface area contributed by atoms with E-state index in [0.29, 0.717) is 5.57 Å². The molecule has 0 aromatic carbocycles. The molecule has 1 saturated heterocycles. The van der Waals surface area contributed by atoms with Crippen LogP contribution in [0.1, 0.15) is 57.8 Å². The van der Waals surface area contributed by atoms with Crippen LogP contribution in [-0.2, 0) is 4.79 Å². The van der Waals surface area contributed by atoms with Gasteiger partial charge < -0.3 is 10.2 Å². The molecule has 1 N–H and O–H groups in total. The third-order valence-corrected chi connectivity index (χ3v) is 6.56. The van der Waals surface area contributed by atoms with Gasteiger partial charge >= 0.3 is 0 Å². The molecular weight excluding hydrogens is 286 g/mol. The molecule has 4 heteroatoms. The summed E-state index contributed by atoms with van der Waals surface area (Å²) in [6.07, 6.45) is 13.0. The van der Waals surface area contributed by atoms with Gasteiger partial charge in [0.05, 0.1) is 0 Å². The zero-order valence-corrected chi connectivity index (χ0v) is 13.9. The molecule has 0 radical (unpaired) electrons. The normalized spacial score (nSPS) is 39.2. The highest BCUT2D eigenvalue weighted by Crippen LogP contribution is 2.55. The number of hydrogen-bond donors (Lipinski definition) is 1. The number of nitriles is 1. The fourth-order valence-electron chi connectivity index (χ4n) is 5.92. The van der Waals surface area contributed by atoms with E-state index in [1.165, 1.54) is 44.9 Å². The molecule has 5 aliphatic rings. The first-order valence-electron chi connectivity index (χ1n) is 9.35. The average molecular weight is 313 g/mol. The van der Waals surface area contributed by atoms with Crippen molar-refractivity contribution >= 4 is 5.91 Å². The first-order valence-corrected chi connectivity index (χ1v) is 9.35. The Kier molecular flexibility index (Phi) is 3.83. The van der Waals surface area contributed by atoms with E-state index < -0.39 is 0 Å². The smallest absolute Gasteiger partial charge is 0.265 e. The summed E-state index contributed by atoms with van der Waals surface area (Å²) in [4.78, 5) is 14.4. The van der Waals surface area contributed by atoms with Gasteiger partial charge in [-0.3, -0.25) is 4.79 Å². The largest absolute Gasteiger partial charge is 0.384 e. The van der Waals surface area contributed by atoms with Crippen LogP contribution >= 0.6 is 0 Å². The standard InChI is InChI=1S/C19H27N3O/c20-12-17(18(23)22-4-2-1-3-5-22)13-21-19-9-14-6-15(10-19)8-16(7-14)11-19/h13-16,21H,1-11H2/b17-13-. The molecule has 1 aliphatic heterocycles. The van der Waals surface area contributed by atoms with E-state index in [-0.39, 0.29) is 11.4 Å². The number of nitrogens with zero attached hydrogens (tertiary/aromatic N) is 2. The average Bonchev–Trinajstić information content (AvgIpc) is 2.54. The minimum atomic E-state index is -0.0792. The van der Waals surface area contributed by atoms with Crippen molar-refractivity contribution in [1.82, 2.24) is 10.2 Å². The maximum absolute atomic E-state index is 12.5. The van der Waals surface area contributed by atoms with Crippen molar-refractivity contribution in [2.75, 3.05) is 13.1 Å². The number of nitrogens with one attached hydrogen (secondary N) is 1. The Morgan fingerprint density at radius 1 is 1.04 bits per heavy atom. The highest BCUT2D eigenvalue weighted by atomic mass is 16.2. The Morgan fingerprint density at radius 3 is 2.13 bits per heavy atom. The molecule has 0 aromatic heterocycles. The lowest BCUT2D eigenvalue weighted by Gasteiger charge is -2.57. The molecular formula is C19H27N3O. The zero-order valence-electron chi connectivity index (χ0n) is 13.9. The summed E-state index contributed by atoms with van der Waals surface area (Å²) in [5, 5.41) is 13.0.